The molecular formula is C23H21NO4S. The lowest BCUT2D eigenvalue weighted by atomic mass is 9.92. The Morgan fingerprint density at radius 2 is 1.83 bits per heavy atom. The van der Waals surface area contributed by atoms with Crippen LogP contribution in [0.4, 0.5) is 5.69 Å². The van der Waals surface area contributed by atoms with E-state index in [2.05, 4.69) is 10.8 Å². The average molecular weight is 407 g/mol. The van der Waals surface area contributed by atoms with Gasteiger partial charge in [-0.25, -0.2) is 8.42 Å². The second-order valence-corrected chi connectivity index (χ2v) is 8.61. The second kappa shape index (κ2) is 7.64. The minimum absolute atomic E-state index is 0.462. The molecule has 1 N–H and O–H groups in total. The van der Waals surface area contributed by atoms with Gasteiger partial charge >= 0.3 is 0 Å². The molecule has 148 valence electrons. The van der Waals surface area contributed by atoms with Crippen LogP contribution in [0.1, 0.15) is 22.3 Å². The summed E-state index contributed by atoms with van der Waals surface area (Å²) < 4.78 is 37.1. The van der Waals surface area contributed by atoms with Gasteiger partial charge in [-0.1, -0.05) is 36.4 Å². The van der Waals surface area contributed by atoms with E-state index in [9.17, 15) is 8.42 Å². The zero-order chi connectivity index (χ0) is 20.4. The van der Waals surface area contributed by atoms with E-state index in [1.807, 2.05) is 60.7 Å². The summed E-state index contributed by atoms with van der Waals surface area (Å²) in [5.74, 6) is 1.48. The number of anilines is 1. The number of nitrogens with one attached hydrogen (secondary N) is 1. The van der Waals surface area contributed by atoms with E-state index in [0.29, 0.717) is 12.3 Å². The highest BCUT2D eigenvalue weighted by molar-refractivity contribution is 7.92. The lowest BCUT2D eigenvalue weighted by molar-refractivity contribution is 0.304. The maximum atomic E-state index is 11.6. The third-order valence-electron chi connectivity index (χ3n) is 4.67. The molecule has 3 aromatic rings. The Balaban J connectivity index is 1.87. The Morgan fingerprint density at radius 1 is 1.00 bits per heavy atom. The van der Waals surface area contributed by atoms with Crippen molar-refractivity contribution in [3.63, 3.8) is 0 Å². The lowest BCUT2D eigenvalue weighted by Crippen LogP contribution is -2.09. The molecule has 0 spiro atoms. The second-order valence-electron chi connectivity index (χ2n) is 6.87. The molecule has 29 heavy (non-hydrogen) atoms. The normalized spacial score (nSPS) is 14.3. The Bertz CT molecular complexity index is 1200. The molecule has 0 fully saturated rings. The predicted molar refractivity (Wildman–Crippen MR) is 116 cm³/mol. The Labute approximate surface area is 170 Å². The lowest BCUT2D eigenvalue weighted by Gasteiger charge is -2.12. The average Bonchev–Trinajstić information content (AvgIpc) is 2.84. The summed E-state index contributed by atoms with van der Waals surface area (Å²) in [7, 11) is -1.71. The van der Waals surface area contributed by atoms with Gasteiger partial charge in [0.15, 0.2) is 0 Å². The highest BCUT2D eigenvalue weighted by Crippen LogP contribution is 2.39. The largest absolute Gasteiger partial charge is 0.497 e. The molecule has 1 aliphatic heterocycles. The van der Waals surface area contributed by atoms with Gasteiger partial charge < -0.3 is 9.47 Å². The standard InChI is InChI=1S/C23H21NO4S/c1-27-19-10-11-21-22(13-16-6-5-8-18(12-16)24-29(2,25)26)20-9-4-3-7-17(20)15-28-23(21)14-19/h3-14,24H,15H2,1-2H3/b22-13-. The molecule has 4 rings (SSSR count). The number of benzene rings is 3. The van der Waals surface area contributed by atoms with E-state index in [4.69, 9.17) is 9.47 Å². The summed E-state index contributed by atoms with van der Waals surface area (Å²) in [6.07, 6.45) is 3.19. The molecule has 1 heterocycles. The summed E-state index contributed by atoms with van der Waals surface area (Å²) in [5, 5.41) is 0. The quantitative estimate of drug-likeness (QED) is 0.689. The number of rotatable bonds is 4. The fraction of sp³-hybridized carbons (Fsp3) is 0.130. The number of sulfonamides is 1. The molecule has 6 heteroatoms. The van der Waals surface area contributed by atoms with Crippen molar-refractivity contribution in [3.8, 4) is 11.5 Å². The fourth-order valence-electron chi connectivity index (χ4n) is 3.41. The van der Waals surface area contributed by atoms with Gasteiger partial charge in [0.1, 0.15) is 18.1 Å². The molecule has 0 bridgehead atoms. The van der Waals surface area contributed by atoms with E-state index < -0.39 is 10.0 Å². The third-order valence-corrected chi connectivity index (χ3v) is 5.28. The molecule has 0 saturated heterocycles. The van der Waals surface area contributed by atoms with Crippen LogP contribution >= 0.6 is 0 Å². The minimum atomic E-state index is -3.34. The smallest absolute Gasteiger partial charge is 0.229 e. The first-order valence-electron chi connectivity index (χ1n) is 9.12. The number of hydrogen-bond acceptors (Lipinski definition) is 4. The summed E-state index contributed by atoms with van der Waals surface area (Å²) in [6, 6.07) is 21.2. The van der Waals surface area contributed by atoms with Crippen molar-refractivity contribution < 1.29 is 17.9 Å². The number of fused-ring (bicyclic) bond motifs is 2. The van der Waals surface area contributed by atoms with Crippen LogP contribution in [0.2, 0.25) is 0 Å². The number of ether oxygens (including phenoxy) is 2. The van der Waals surface area contributed by atoms with Crippen molar-refractivity contribution in [3.05, 3.63) is 89.0 Å². The third kappa shape index (κ3) is 4.27. The fourth-order valence-corrected chi connectivity index (χ4v) is 3.96. The molecule has 0 saturated carbocycles. The number of methoxy groups -OCH3 is 1. The summed E-state index contributed by atoms with van der Waals surface area (Å²) >= 11 is 0. The summed E-state index contributed by atoms with van der Waals surface area (Å²) in [5.41, 5.74) is 5.53. The summed E-state index contributed by atoms with van der Waals surface area (Å²) in [4.78, 5) is 0. The topological polar surface area (TPSA) is 64.6 Å². The van der Waals surface area contributed by atoms with Crippen LogP contribution in [0, 0.1) is 0 Å². The van der Waals surface area contributed by atoms with Crippen LogP contribution in [-0.2, 0) is 16.6 Å². The monoisotopic (exact) mass is 407 g/mol. The molecule has 0 atom stereocenters. The van der Waals surface area contributed by atoms with Crippen LogP contribution in [0.25, 0.3) is 11.6 Å². The maximum Gasteiger partial charge on any atom is 0.229 e. The van der Waals surface area contributed by atoms with Crippen molar-refractivity contribution in [2.45, 2.75) is 6.61 Å². The van der Waals surface area contributed by atoms with Gasteiger partial charge in [-0.15, -0.1) is 0 Å². The van der Waals surface area contributed by atoms with Crippen LogP contribution in [0.5, 0.6) is 11.5 Å². The highest BCUT2D eigenvalue weighted by atomic mass is 32.2. The maximum absolute atomic E-state index is 11.6. The first kappa shape index (κ1) is 19.1. The van der Waals surface area contributed by atoms with Crippen LogP contribution in [-0.4, -0.2) is 21.8 Å². The molecule has 5 nitrogen and oxygen atoms in total. The predicted octanol–water partition coefficient (Wildman–Crippen LogP) is 4.55. The highest BCUT2D eigenvalue weighted by Gasteiger charge is 2.19. The molecule has 0 aromatic heterocycles. The van der Waals surface area contributed by atoms with E-state index >= 15 is 0 Å². The minimum Gasteiger partial charge on any atom is -0.497 e. The molecule has 0 amide bonds. The van der Waals surface area contributed by atoms with Gasteiger partial charge in [-0.05, 0) is 52.6 Å². The van der Waals surface area contributed by atoms with Crippen molar-refractivity contribution in [1.82, 2.24) is 0 Å². The van der Waals surface area contributed by atoms with E-state index in [1.165, 1.54) is 0 Å². The molecule has 0 radical (unpaired) electrons. The van der Waals surface area contributed by atoms with Gasteiger partial charge in [0.2, 0.25) is 10.0 Å². The van der Waals surface area contributed by atoms with Gasteiger partial charge in [0, 0.05) is 17.3 Å². The SMILES string of the molecule is COc1ccc2c(c1)OCc1ccccc1/C2=C/c1cccc(NS(C)(=O)=O)c1. The first-order valence-corrected chi connectivity index (χ1v) is 11.0. The van der Waals surface area contributed by atoms with Crippen LogP contribution < -0.4 is 14.2 Å². The van der Waals surface area contributed by atoms with Gasteiger partial charge in [-0.2, -0.15) is 0 Å². The van der Waals surface area contributed by atoms with Crippen molar-refractivity contribution in [2.24, 2.45) is 0 Å². The Kier molecular flexibility index (Phi) is 5.03. The summed E-state index contributed by atoms with van der Waals surface area (Å²) in [6.45, 7) is 0.462. The van der Waals surface area contributed by atoms with Crippen molar-refractivity contribution in [2.75, 3.05) is 18.1 Å². The Morgan fingerprint density at radius 3 is 2.62 bits per heavy atom. The zero-order valence-electron chi connectivity index (χ0n) is 16.2. The van der Waals surface area contributed by atoms with Gasteiger partial charge in [0.05, 0.1) is 13.4 Å². The molecule has 0 unspecified atom stereocenters. The first-order chi connectivity index (χ1) is 13.9. The van der Waals surface area contributed by atoms with E-state index in [1.54, 1.807) is 13.2 Å². The molecule has 3 aromatic carbocycles. The van der Waals surface area contributed by atoms with Crippen molar-refractivity contribution >= 4 is 27.4 Å². The molecule has 0 aliphatic carbocycles. The Hall–Kier alpha value is -3.25. The number of hydrogen-bond donors (Lipinski definition) is 1. The molecular weight excluding hydrogens is 386 g/mol. The van der Waals surface area contributed by atoms with E-state index in [-0.39, 0.29) is 0 Å². The van der Waals surface area contributed by atoms with Gasteiger partial charge in [0.25, 0.3) is 0 Å². The van der Waals surface area contributed by atoms with Crippen molar-refractivity contribution in [1.29, 1.82) is 0 Å². The zero-order valence-corrected chi connectivity index (χ0v) is 17.0. The van der Waals surface area contributed by atoms with Crippen LogP contribution in [0.15, 0.2) is 66.7 Å². The van der Waals surface area contributed by atoms with E-state index in [0.717, 1.165) is 45.6 Å². The van der Waals surface area contributed by atoms with Crippen LogP contribution in [0.3, 0.4) is 0 Å². The molecule has 1 aliphatic rings. The van der Waals surface area contributed by atoms with Gasteiger partial charge in [-0.3, -0.25) is 4.72 Å².